The van der Waals surface area contributed by atoms with Gasteiger partial charge in [-0.15, -0.1) is 0 Å². The van der Waals surface area contributed by atoms with Gasteiger partial charge in [0.1, 0.15) is 5.82 Å². The van der Waals surface area contributed by atoms with E-state index in [0.29, 0.717) is 16.3 Å². The number of aromatic nitrogens is 2. The van der Waals surface area contributed by atoms with Gasteiger partial charge in [0, 0.05) is 30.6 Å². The highest BCUT2D eigenvalue weighted by Gasteiger charge is 2.13. The fraction of sp³-hybridized carbons (Fsp3) is 0.125. The Morgan fingerprint density at radius 1 is 1.20 bits per heavy atom. The summed E-state index contributed by atoms with van der Waals surface area (Å²) in [5.74, 6) is -0.340. The van der Waals surface area contributed by atoms with Crippen LogP contribution in [-0.4, -0.2) is 15.6 Å². The molecular weight excluding hydrogens is 255 g/mol. The molecule has 0 unspecified atom stereocenters. The number of halogens is 1. The van der Waals surface area contributed by atoms with Crippen molar-refractivity contribution >= 4 is 16.6 Å². The minimum Gasteiger partial charge on any atom is -0.294 e. The summed E-state index contributed by atoms with van der Waals surface area (Å²) in [5.41, 5.74) is 1.40. The van der Waals surface area contributed by atoms with Crippen molar-refractivity contribution in [3.05, 3.63) is 65.7 Å². The van der Waals surface area contributed by atoms with E-state index >= 15 is 0 Å². The molecule has 0 aliphatic carbocycles. The molecule has 0 aliphatic rings. The number of aryl methyl sites for hydroxylation is 1. The number of rotatable bonds is 3. The van der Waals surface area contributed by atoms with Gasteiger partial charge in [-0.25, -0.2) is 4.39 Å². The molecule has 1 aromatic heterocycles. The van der Waals surface area contributed by atoms with Gasteiger partial charge in [-0.05, 0) is 23.1 Å². The zero-order valence-corrected chi connectivity index (χ0v) is 11.0. The summed E-state index contributed by atoms with van der Waals surface area (Å²) in [4.78, 5) is 12.4. The number of carbonyl (C=O) groups is 1. The van der Waals surface area contributed by atoms with Crippen molar-refractivity contribution in [2.24, 2.45) is 7.05 Å². The number of hydrogen-bond donors (Lipinski definition) is 0. The summed E-state index contributed by atoms with van der Waals surface area (Å²) in [6.45, 7) is 0. The topological polar surface area (TPSA) is 34.9 Å². The van der Waals surface area contributed by atoms with Crippen LogP contribution in [0.1, 0.15) is 15.9 Å². The van der Waals surface area contributed by atoms with Gasteiger partial charge in [0.15, 0.2) is 5.78 Å². The number of nitrogens with zero attached hydrogens (tertiary/aromatic N) is 2. The Kier molecular flexibility index (Phi) is 3.06. The Labute approximate surface area is 115 Å². The van der Waals surface area contributed by atoms with E-state index < -0.39 is 0 Å². The Hall–Kier alpha value is -2.49. The van der Waals surface area contributed by atoms with Crippen LogP contribution in [0.2, 0.25) is 0 Å². The second-order valence-electron chi connectivity index (χ2n) is 4.76. The van der Waals surface area contributed by atoms with Crippen LogP contribution in [0.3, 0.4) is 0 Å². The molecule has 0 fully saturated rings. The van der Waals surface area contributed by atoms with E-state index in [-0.39, 0.29) is 18.0 Å². The molecule has 0 spiro atoms. The van der Waals surface area contributed by atoms with Crippen LogP contribution in [0, 0.1) is 5.82 Å². The molecule has 1 heterocycles. The molecule has 20 heavy (non-hydrogen) atoms. The van der Waals surface area contributed by atoms with Gasteiger partial charge < -0.3 is 0 Å². The van der Waals surface area contributed by atoms with E-state index in [2.05, 4.69) is 5.10 Å². The predicted octanol–water partition coefficient (Wildman–Crippen LogP) is 3.14. The monoisotopic (exact) mass is 268 g/mol. The number of carbonyl (C=O) groups excluding carboxylic acids is 1. The summed E-state index contributed by atoms with van der Waals surface area (Å²) >= 11 is 0. The maximum absolute atomic E-state index is 13.7. The van der Waals surface area contributed by atoms with Crippen molar-refractivity contribution < 1.29 is 9.18 Å². The molecule has 3 rings (SSSR count). The van der Waals surface area contributed by atoms with Crippen molar-refractivity contribution in [3.63, 3.8) is 0 Å². The molecule has 3 aromatic rings. The molecule has 0 amide bonds. The van der Waals surface area contributed by atoms with Crippen molar-refractivity contribution in [2.45, 2.75) is 6.42 Å². The Bertz CT molecular complexity index is 792. The summed E-state index contributed by atoms with van der Waals surface area (Å²) in [6.07, 6.45) is 3.75. The molecule has 0 bridgehead atoms. The molecule has 100 valence electrons. The fourth-order valence-corrected chi connectivity index (χ4v) is 2.35. The first kappa shape index (κ1) is 12.5. The van der Waals surface area contributed by atoms with Gasteiger partial charge in [0.2, 0.25) is 0 Å². The second kappa shape index (κ2) is 4.89. The van der Waals surface area contributed by atoms with Gasteiger partial charge in [0.25, 0.3) is 0 Å². The molecule has 0 aliphatic heterocycles. The maximum atomic E-state index is 13.7. The van der Waals surface area contributed by atoms with Crippen LogP contribution >= 0.6 is 0 Å². The summed E-state index contributed by atoms with van der Waals surface area (Å²) in [6, 6.07) is 9.93. The van der Waals surface area contributed by atoms with Gasteiger partial charge in [0.05, 0.1) is 6.20 Å². The van der Waals surface area contributed by atoms with E-state index in [1.54, 1.807) is 42.2 Å². The normalized spacial score (nSPS) is 10.9. The number of benzene rings is 2. The third-order valence-electron chi connectivity index (χ3n) is 3.29. The average molecular weight is 268 g/mol. The average Bonchev–Trinajstić information content (AvgIpc) is 2.84. The highest BCUT2D eigenvalue weighted by atomic mass is 19.1. The molecule has 0 saturated heterocycles. The number of hydrogen-bond acceptors (Lipinski definition) is 2. The molecule has 2 aromatic carbocycles. The van der Waals surface area contributed by atoms with Crippen LogP contribution in [0.5, 0.6) is 0 Å². The number of fused-ring (bicyclic) bond motifs is 1. The van der Waals surface area contributed by atoms with E-state index in [1.165, 1.54) is 6.07 Å². The first-order chi connectivity index (χ1) is 9.65. The SMILES string of the molecule is Cn1cc(CC(=O)c2ccc(F)c3ccccc23)cn1. The molecule has 0 radical (unpaired) electrons. The standard InChI is InChI=1S/C16H13FN2O/c1-19-10-11(9-18-19)8-16(20)14-6-7-15(17)13-5-3-2-4-12(13)14/h2-7,9-10H,8H2,1H3. The van der Waals surface area contributed by atoms with E-state index in [4.69, 9.17) is 0 Å². The summed E-state index contributed by atoms with van der Waals surface area (Å²) < 4.78 is 15.4. The van der Waals surface area contributed by atoms with Crippen LogP contribution in [0.25, 0.3) is 10.8 Å². The predicted molar refractivity (Wildman–Crippen MR) is 75.1 cm³/mol. The van der Waals surface area contributed by atoms with E-state index in [0.717, 1.165) is 5.56 Å². The van der Waals surface area contributed by atoms with Crippen LogP contribution in [-0.2, 0) is 13.5 Å². The number of ketones is 1. The van der Waals surface area contributed by atoms with E-state index in [1.807, 2.05) is 12.3 Å². The zero-order valence-electron chi connectivity index (χ0n) is 11.0. The third kappa shape index (κ3) is 2.20. The first-order valence-corrected chi connectivity index (χ1v) is 6.33. The van der Waals surface area contributed by atoms with Gasteiger partial charge in [-0.3, -0.25) is 9.48 Å². The smallest absolute Gasteiger partial charge is 0.167 e. The van der Waals surface area contributed by atoms with Crippen molar-refractivity contribution in [1.82, 2.24) is 9.78 Å². The second-order valence-corrected chi connectivity index (χ2v) is 4.76. The van der Waals surface area contributed by atoms with Crippen LogP contribution < -0.4 is 0 Å². The highest BCUT2D eigenvalue weighted by Crippen LogP contribution is 2.23. The Balaban J connectivity index is 2.01. The fourth-order valence-electron chi connectivity index (χ4n) is 2.35. The lowest BCUT2D eigenvalue weighted by Crippen LogP contribution is -2.04. The van der Waals surface area contributed by atoms with Gasteiger partial charge in [-0.1, -0.05) is 24.3 Å². The Morgan fingerprint density at radius 3 is 2.65 bits per heavy atom. The summed E-state index contributed by atoms with van der Waals surface area (Å²) in [7, 11) is 1.81. The highest BCUT2D eigenvalue weighted by molar-refractivity contribution is 6.08. The van der Waals surface area contributed by atoms with Gasteiger partial charge >= 0.3 is 0 Å². The Morgan fingerprint density at radius 2 is 1.95 bits per heavy atom. The minimum atomic E-state index is -0.307. The van der Waals surface area contributed by atoms with Crippen molar-refractivity contribution in [2.75, 3.05) is 0 Å². The van der Waals surface area contributed by atoms with Crippen LogP contribution in [0.15, 0.2) is 48.8 Å². The zero-order chi connectivity index (χ0) is 14.1. The molecule has 4 heteroatoms. The van der Waals surface area contributed by atoms with Crippen molar-refractivity contribution in [1.29, 1.82) is 0 Å². The maximum Gasteiger partial charge on any atom is 0.167 e. The van der Waals surface area contributed by atoms with Crippen LogP contribution in [0.4, 0.5) is 4.39 Å². The lowest BCUT2D eigenvalue weighted by molar-refractivity contribution is 0.0994. The van der Waals surface area contributed by atoms with Gasteiger partial charge in [-0.2, -0.15) is 5.10 Å². The molecule has 3 nitrogen and oxygen atoms in total. The summed E-state index contributed by atoms with van der Waals surface area (Å²) in [5, 5.41) is 5.17. The molecule has 0 N–H and O–H groups in total. The third-order valence-corrected chi connectivity index (χ3v) is 3.29. The quantitative estimate of drug-likeness (QED) is 0.684. The van der Waals surface area contributed by atoms with E-state index in [9.17, 15) is 9.18 Å². The lowest BCUT2D eigenvalue weighted by atomic mass is 9.98. The molecular formula is C16H13FN2O. The number of Topliss-reactive ketones (excluding diaryl/α,β-unsaturated/α-hetero) is 1. The lowest BCUT2D eigenvalue weighted by Gasteiger charge is -2.06. The van der Waals surface area contributed by atoms with Crippen molar-refractivity contribution in [3.8, 4) is 0 Å². The largest absolute Gasteiger partial charge is 0.294 e. The molecule has 0 atom stereocenters. The minimum absolute atomic E-state index is 0.0331. The first-order valence-electron chi connectivity index (χ1n) is 6.33. The molecule has 0 saturated carbocycles.